The first-order chi connectivity index (χ1) is 10.7. The molecule has 0 radical (unpaired) electrons. The Bertz CT molecular complexity index is 496. The zero-order chi connectivity index (χ0) is 15.8. The van der Waals surface area contributed by atoms with Crippen LogP contribution >= 0.6 is 0 Å². The fourth-order valence-electron chi connectivity index (χ4n) is 1.79. The number of carbonyl (C=O) groups is 2. The number of hydrogen-bond acceptors (Lipinski definition) is 5. The van der Waals surface area contributed by atoms with Crippen molar-refractivity contribution in [1.29, 1.82) is 0 Å². The first-order valence-electron chi connectivity index (χ1n) is 7.39. The van der Waals surface area contributed by atoms with E-state index in [1.807, 2.05) is 12.1 Å². The molecule has 1 aromatic rings. The van der Waals surface area contributed by atoms with Crippen molar-refractivity contribution in [2.75, 3.05) is 20.3 Å². The molecule has 0 bridgehead atoms. The molecule has 0 aliphatic heterocycles. The maximum atomic E-state index is 11.5. The molecule has 1 amide bonds. The molecule has 0 unspecified atom stereocenters. The summed E-state index contributed by atoms with van der Waals surface area (Å²) in [6.45, 7) is 0.213. The van der Waals surface area contributed by atoms with Gasteiger partial charge in [0.25, 0.3) is 5.91 Å². The third kappa shape index (κ3) is 6.03. The number of carbonyl (C=O) groups excluding carboxylic acids is 2. The predicted molar refractivity (Wildman–Crippen MR) is 79.8 cm³/mol. The Morgan fingerprint density at radius 2 is 1.86 bits per heavy atom. The topological polar surface area (TPSA) is 73.9 Å². The molecule has 1 aromatic carbocycles. The Hall–Kier alpha value is -2.24. The van der Waals surface area contributed by atoms with E-state index in [0.717, 1.165) is 24.3 Å². The van der Waals surface area contributed by atoms with Gasteiger partial charge in [0.2, 0.25) is 0 Å². The highest BCUT2D eigenvalue weighted by Crippen LogP contribution is 2.18. The van der Waals surface area contributed by atoms with Gasteiger partial charge in [-0.15, -0.1) is 0 Å². The minimum atomic E-state index is -0.385. The number of esters is 1. The first-order valence-corrected chi connectivity index (χ1v) is 7.39. The summed E-state index contributed by atoms with van der Waals surface area (Å²) in [6.07, 6.45) is 2.80. The molecule has 1 saturated carbocycles. The van der Waals surface area contributed by atoms with Crippen LogP contribution in [0.25, 0.3) is 0 Å². The van der Waals surface area contributed by atoms with Crippen molar-refractivity contribution in [3.8, 4) is 11.5 Å². The summed E-state index contributed by atoms with van der Waals surface area (Å²) in [5, 5.41) is 2.76. The van der Waals surface area contributed by atoms with E-state index in [9.17, 15) is 9.59 Å². The standard InChI is InChI=1S/C16H21NO5/c1-20-13-6-8-14(9-7-13)21-10-2-3-16(19)22-11-15(18)17-12-4-5-12/h6-9,12H,2-5,10-11H2,1H3,(H,17,18). The van der Waals surface area contributed by atoms with Crippen molar-refractivity contribution in [3.63, 3.8) is 0 Å². The molecule has 0 aromatic heterocycles. The van der Waals surface area contributed by atoms with Gasteiger partial charge in [0.05, 0.1) is 13.7 Å². The second-order valence-corrected chi connectivity index (χ2v) is 5.13. The van der Waals surface area contributed by atoms with Gasteiger partial charge in [0.1, 0.15) is 11.5 Å². The highest BCUT2D eigenvalue weighted by atomic mass is 16.5. The minimum absolute atomic E-state index is 0.200. The zero-order valence-electron chi connectivity index (χ0n) is 12.7. The van der Waals surface area contributed by atoms with Crippen molar-refractivity contribution < 1.29 is 23.8 Å². The molecular weight excluding hydrogens is 286 g/mol. The summed E-state index contributed by atoms with van der Waals surface area (Å²) in [5.41, 5.74) is 0. The van der Waals surface area contributed by atoms with Gasteiger partial charge in [-0.1, -0.05) is 0 Å². The number of amides is 1. The maximum absolute atomic E-state index is 11.5. The third-order valence-electron chi connectivity index (χ3n) is 3.16. The number of rotatable bonds is 9. The largest absolute Gasteiger partial charge is 0.497 e. The van der Waals surface area contributed by atoms with Crippen LogP contribution in [0.2, 0.25) is 0 Å². The smallest absolute Gasteiger partial charge is 0.306 e. The second-order valence-electron chi connectivity index (χ2n) is 5.13. The maximum Gasteiger partial charge on any atom is 0.306 e. The van der Waals surface area contributed by atoms with E-state index >= 15 is 0 Å². The molecule has 1 N–H and O–H groups in total. The summed E-state index contributed by atoms with van der Waals surface area (Å²) in [6, 6.07) is 7.51. The molecule has 0 heterocycles. The molecule has 6 heteroatoms. The molecule has 120 valence electrons. The van der Waals surface area contributed by atoms with Gasteiger partial charge in [-0.05, 0) is 43.5 Å². The Morgan fingerprint density at radius 1 is 1.18 bits per heavy atom. The lowest BCUT2D eigenvalue weighted by atomic mass is 10.3. The van der Waals surface area contributed by atoms with Gasteiger partial charge in [-0.2, -0.15) is 0 Å². The molecule has 0 spiro atoms. The van der Waals surface area contributed by atoms with Crippen molar-refractivity contribution >= 4 is 11.9 Å². The molecule has 1 aliphatic rings. The van der Waals surface area contributed by atoms with Crippen LogP contribution in [0.4, 0.5) is 0 Å². The summed E-state index contributed by atoms with van der Waals surface area (Å²) in [5.74, 6) is 0.869. The van der Waals surface area contributed by atoms with Crippen LogP contribution in [-0.2, 0) is 14.3 Å². The Morgan fingerprint density at radius 3 is 2.50 bits per heavy atom. The van der Waals surface area contributed by atoms with E-state index in [-0.39, 0.29) is 30.9 Å². The number of nitrogens with one attached hydrogen (secondary N) is 1. The van der Waals surface area contributed by atoms with Gasteiger partial charge in [0, 0.05) is 12.5 Å². The van der Waals surface area contributed by atoms with Gasteiger partial charge < -0.3 is 19.5 Å². The number of methoxy groups -OCH3 is 1. The van der Waals surface area contributed by atoms with Gasteiger partial charge >= 0.3 is 5.97 Å². The summed E-state index contributed by atoms with van der Waals surface area (Å²) >= 11 is 0. The SMILES string of the molecule is COc1ccc(OCCCC(=O)OCC(=O)NC2CC2)cc1. The van der Waals surface area contributed by atoms with E-state index in [4.69, 9.17) is 14.2 Å². The lowest BCUT2D eigenvalue weighted by Gasteiger charge is -2.07. The Balaban J connectivity index is 1.53. The highest BCUT2D eigenvalue weighted by Gasteiger charge is 2.23. The molecule has 2 rings (SSSR count). The number of hydrogen-bond donors (Lipinski definition) is 1. The van der Waals surface area contributed by atoms with Crippen LogP contribution in [0.3, 0.4) is 0 Å². The van der Waals surface area contributed by atoms with E-state index in [2.05, 4.69) is 5.32 Å². The average Bonchev–Trinajstić information content (AvgIpc) is 3.34. The summed E-state index contributed by atoms with van der Waals surface area (Å²) < 4.78 is 15.4. The van der Waals surface area contributed by atoms with Gasteiger partial charge in [-0.3, -0.25) is 9.59 Å². The number of ether oxygens (including phenoxy) is 3. The van der Waals surface area contributed by atoms with E-state index in [0.29, 0.717) is 13.0 Å². The zero-order valence-corrected chi connectivity index (χ0v) is 12.7. The monoisotopic (exact) mass is 307 g/mol. The van der Waals surface area contributed by atoms with Crippen LogP contribution < -0.4 is 14.8 Å². The summed E-state index contributed by atoms with van der Waals surface area (Å²) in [7, 11) is 1.60. The predicted octanol–water partition coefficient (Wildman–Crippen LogP) is 1.68. The fraction of sp³-hybridized carbons (Fsp3) is 0.500. The van der Waals surface area contributed by atoms with Crippen molar-refractivity contribution in [3.05, 3.63) is 24.3 Å². The minimum Gasteiger partial charge on any atom is -0.497 e. The van der Waals surface area contributed by atoms with E-state index in [1.165, 1.54) is 0 Å². The van der Waals surface area contributed by atoms with Crippen LogP contribution in [0.5, 0.6) is 11.5 Å². The molecule has 0 saturated heterocycles. The molecule has 22 heavy (non-hydrogen) atoms. The van der Waals surface area contributed by atoms with Crippen molar-refractivity contribution in [1.82, 2.24) is 5.32 Å². The second kappa shape index (κ2) is 8.26. The van der Waals surface area contributed by atoms with Gasteiger partial charge in [0.15, 0.2) is 6.61 Å². The van der Waals surface area contributed by atoms with E-state index < -0.39 is 0 Å². The van der Waals surface area contributed by atoms with Crippen LogP contribution in [0.1, 0.15) is 25.7 Å². The molecule has 1 fully saturated rings. The lowest BCUT2D eigenvalue weighted by Crippen LogP contribution is -2.30. The first kappa shape index (κ1) is 16.1. The Labute approximate surface area is 129 Å². The molecule has 1 aliphatic carbocycles. The average molecular weight is 307 g/mol. The van der Waals surface area contributed by atoms with Crippen LogP contribution in [0.15, 0.2) is 24.3 Å². The van der Waals surface area contributed by atoms with Crippen LogP contribution in [0, 0.1) is 0 Å². The molecule has 6 nitrogen and oxygen atoms in total. The van der Waals surface area contributed by atoms with E-state index in [1.54, 1.807) is 19.2 Å². The normalized spacial score (nSPS) is 13.3. The molecule has 0 atom stereocenters. The highest BCUT2D eigenvalue weighted by molar-refractivity contribution is 5.80. The quantitative estimate of drug-likeness (QED) is 0.555. The summed E-state index contributed by atoms with van der Waals surface area (Å²) in [4.78, 5) is 22.8. The third-order valence-corrected chi connectivity index (χ3v) is 3.16. The molecular formula is C16H21NO5. The van der Waals surface area contributed by atoms with Crippen molar-refractivity contribution in [2.24, 2.45) is 0 Å². The fourth-order valence-corrected chi connectivity index (χ4v) is 1.79. The lowest BCUT2D eigenvalue weighted by molar-refractivity contribution is -0.148. The van der Waals surface area contributed by atoms with Crippen molar-refractivity contribution in [2.45, 2.75) is 31.7 Å². The Kier molecular flexibility index (Phi) is 6.06. The number of benzene rings is 1. The van der Waals surface area contributed by atoms with Gasteiger partial charge in [-0.25, -0.2) is 0 Å². The van der Waals surface area contributed by atoms with Crippen LogP contribution in [-0.4, -0.2) is 38.2 Å².